The average molecular weight is 535 g/mol. The normalized spacial score (nSPS) is 13.6. The van der Waals surface area contributed by atoms with E-state index in [0.29, 0.717) is 0 Å². The first kappa shape index (κ1) is 23.3. The van der Waals surface area contributed by atoms with E-state index >= 15 is 0 Å². The molecule has 0 unspecified atom stereocenters. The van der Waals surface area contributed by atoms with E-state index in [2.05, 4.69) is 158 Å². The van der Waals surface area contributed by atoms with Crippen molar-refractivity contribution in [3.63, 3.8) is 0 Å². The SMILES string of the molecule is c1ccc(C2(c3ccccc3)c3ccccc3-c3cccc(-c4cccc5c4-c4cccc6cccc(c46)O5)c32)cc1. The molecule has 196 valence electrons. The molecule has 0 saturated carbocycles. The lowest BCUT2D eigenvalue weighted by Crippen LogP contribution is -2.29. The van der Waals surface area contributed by atoms with Crippen molar-refractivity contribution in [3.05, 3.63) is 180 Å². The summed E-state index contributed by atoms with van der Waals surface area (Å²) in [7, 11) is 0. The Bertz CT molecular complexity index is 2110. The molecule has 7 aromatic rings. The second-order valence-corrected chi connectivity index (χ2v) is 11.2. The molecule has 9 rings (SSSR count). The van der Waals surface area contributed by atoms with E-state index in [1.165, 1.54) is 60.8 Å². The molecule has 0 spiro atoms. The summed E-state index contributed by atoms with van der Waals surface area (Å²) in [5.41, 5.74) is 12.1. The molecule has 0 amide bonds. The number of hydrogen-bond acceptors (Lipinski definition) is 1. The first-order valence-electron chi connectivity index (χ1n) is 14.5. The summed E-state index contributed by atoms with van der Waals surface area (Å²) >= 11 is 0. The van der Waals surface area contributed by atoms with Gasteiger partial charge in [0, 0.05) is 10.9 Å². The predicted octanol–water partition coefficient (Wildman–Crippen LogP) is 10.6. The zero-order valence-corrected chi connectivity index (χ0v) is 22.9. The van der Waals surface area contributed by atoms with E-state index in [4.69, 9.17) is 4.74 Å². The molecule has 0 fully saturated rings. The van der Waals surface area contributed by atoms with Gasteiger partial charge in [0.25, 0.3) is 0 Å². The molecule has 1 aliphatic heterocycles. The van der Waals surface area contributed by atoms with Crippen LogP contribution in [-0.2, 0) is 5.41 Å². The number of fused-ring (bicyclic) bond motifs is 5. The van der Waals surface area contributed by atoms with Gasteiger partial charge in [0.1, 0.15) is 11.5 Å². The Morgan fingerprint density at radius 1 is 0.381 bits per heavy atom. The zero-order chi connectivity index (χ0) is 27.7. The molecule has 0 atom stereocenters. The lowest BCUT2D eigenvalue weighted by molar-refractivity contribution is 0.487. The molecule has 0 N–H and O–H groups in total. The molecule has 0 saturated heterocycles. The van der Waals surface area contributed by atoms with Gasteiger partial charge in [-0.05, 0) is 67.6 Å². The van der Waals surface area contributed by atoms with Crippen LogP contribution in [0.2, 0.25) is 0 Å². The van der Waals surface area contributed by atoms with Crippen LogP contribution >= 0.6 is 0 Å². The van der Waals surface area contributed by atoms with E-state index in [0.717, 1.165) is 17.1 Å². The Morgan fingerprint density at radius 3 is 1.67 bits per heavy atom. The van der Waals surface area contributed by atoms with Crippen LogP contribution in [-0.4, -0.2) is 0 Å². The minimum Gasteiger partial charge on any atom is -0.456 e. The molecular formula is C41H26O. The average Bonchev–Trinajstić information content (AvgIpc) is 3.37. The zero-order valence-electron chi connectivity index (χ0n) is 22.9. The third kappa shape index (κ3) is 3.03. The standard InChI is InChI=1S/C41H26O/c1-3-15-28(16-4-1)41(29-17-5-2-6-18-29)35-24-8-7-19-30(35)32-21-11-22-33(40(32)41)31-20-12-26-37-39(31)34-23-9-13-27-14-10-25-36(42-37)38(27)34/h1-26H. The molecule has 1 heterocycles. The van der Waals surface area contributed by atoms with Gasteiger partial charge in [-0.15, -0.1) is 0 Å². The molecule has 1 nitrogen and oxygen atoms in total. The lowest BCUT2D eigenvalue weighted by Gasteiger charge is -2.35. The minimum atomic E-state index is -0.479. The van der Waals surface area contributed by atoms with Crippen LogP contribution in [0.3, 0.4) is 0 Å². The Hall–Kier alpha value is -5.40. The first-order chi connectivity index (χ1) is 20.9. The van der Waals surface area contributed by atoms with E-state index < -0.39 is 5.41 Å². The fourth-order valence-electron chi connectivity index (χ4n) is 7.56. The Morgan fingerprint density at radius 2 is 0.905 bits per heavy atom. The summed E-state index contributed by atoms with van der Waals surface area (Å²) in [5.74, 6) is 1.82. The van der Waals surface area contributed by atoms with Crippen LogP contribution in [0.5, 0.6) is 11.5 Å². The van der Waals surface area contributed by atoms with Crippen molar-refractivity contribution in [2.75, 3.05) is 0 Å². The summed E-state index contributed by atoms with van der Waals surface area (Å²) in [4.78, 5) is 0. The first-order valence-corrected chi connectivity index (χ1v) is 14.5. The van der Waals surface area contributed by atoms with Crippen LogP contribution in [0.15, 0.2) is 158 Å². The van der Waals surface area contributed by atoms with Gasteiger partial charge in [0.2, 0.25) is 0 Å². The van der Waals surface area contributed by atoms with Crippen molar-refractivity contribution in [1.29, 1.82) is 0 Å². The van der Waals surface area contributed by atoms with Gasteiger partial charge in [-0.3, -0.25) is 0 Å². The predicted molar refractivity (Wildman–Crippen MR) is 172 cm³/mol. The van der Waals surface area contributed by atoms with Gasteiger partial charge in [-0.2, -0.15) is 0 Å². The second kappa shape index (κ2) is 8.80. The highest BCUT2D eigenvalue weighted by Gasteiger charge is 2.47. The Labute approximate surface area is 245 Å². The fraction of sp³-hybridized carbons (Fsp3) is 0.0244. The highest BCUT2D eigenvalue weighted by molar-refractivity contribution is 6.08. The minimum absolute atomic E-state index is 0.479. The van der Waals surface area contributed by atoms with E-state index in [-0.39, 0.29) is 0 Å². The molecule has 0 bridgehead atoms. The molecule has 2 aliphatic rings. The largest absolute Gasteiger partial charge is 0.456 e. The molecule has 0 aromatic heterocycles. The van der Waals surface area contributed by atoms with Crippen LogP contribution < -0.4 is 4.74 Å². The van der Waals surface area contributed by atoms with Crippen LogP contribution in [0, 0.1) is 0 Å². The molecular weight excluding hydrogens is 508 g/mol. The summed E-state index contributed by atoms with van der Waals surface area (Å²) < 4.78 is 6.61. The maximum Gasteiger partial charge on any atom is 0.135 e. The van der Waals surface area contributed by atoms with Crippen molar-refractivity contribution in [2.45, 2.75) is 5.41 Å². The second-order valence-electron chi connectivity index (χ2n) is 11.2. The van der Waals surface area contributed by atoms with Gasteiger partial charge >= 0.3 is 0 Å². The van der Waals surface area contributed by atoms with Gasteiger partial charge in [0.05, 0.1) is 5.41 Å². The van der Waals surface area contributed by atoms with Gasteiger partial charge in [-0.1, -0.05) is 146 Å². The summed E-state index contributed by atoms with van der Waals surface area (Å²) in [6, 6.07) is 57.2. The van der Waals surface area contributed by atoms with Crippen LogP contribution in [0.25, 0.3) is 44.2 Å². The highest BCUT2D eigenvalue weighted by atomic mass is 16.5. The summed E-state index contributed by atoms with van der Waals surface area (Å²) in [6.45, 7) is 0. The van der Waals surface area contributed by atoms with E-state index in [1.807, 2.05) is 0 Å². The summed E-state index contributed by atoms with van der Waals surface area (Å²) in [6.07, 6.45) is 0. The Balaban J connectivity index is 1.43. The molecule has 0 radical (unpaired) electrons. The number of hydrogen-bond donors (Lipinski definition) is 0. The van der Waals surface area contributed by atoms with Gasteiger partial charge < -0.3 is 4.74 Å². The lowest BCUT2D eigenvalue weighted by atomic mass is 9.66. The number of benzene rings is 7. The van der Waals surface area contributed by atoms with Crippen molar-refractivity contribution >= 4 is 10.8 Å². The molecule has 7 aromatic carbocycles. The number of ether oxygens (including phenoxy) is 1. The van der Waals surface area contributed by atoms with Gasteiger partial charge in [0.15, 0.2) is 0 Å². The molecule has 1 heteroatoms. The third-order valence-electron chi connectivity index (χ3n) is 9.15. The monoisotopic (exact) mass is 534 g/mol. The van der Waals surface area contributed by atoms with E-state index in [9.17, 15) is 0 Å². The fourth-order valence-corrected chi connectivity index (χ4v) is 7.56. The summed E-state index contributed by atoms with van der Waals surface area (Å²) in [5, 5.41) is 2.37. The Kier molecular flexibility index (Phi) is 4.88. The van der Waals surface area contributed by atoms with Crippen LogP contribution in [0.4, 0.5) is 0 Å². The molecule has 42 heavy (non-hydrogen) atoms. The van der Waals surface area contributed by atoms with Crippen molar-refractivity contribution in [1.82, 2.24) is 0 Å². The number of rotatable bonds is 3. The topological polar surface area (TPSA) is 9.23 Å². The van der Waals surface area contributed by atoms with Crippen molar-refractivity contribution in [3.8, 4) is 44.9 Å². The smallest absolute Gasteiger partial charge is 0.135 e. The maximum absolute atomic E-state index is 6.61. The third-order valence-corrected chi connectivity index (χ3v) is 9.15. The van der Waals surface area contributed by atoms with Gasteiger partial charge in [-0.25, -0.2) is 0 Å². The highest BCUT2D eigenvalue weighted by Crippen LogP contribution is 2.60. The van der Waals surface area contributed by atoms with Crippen molar-refractivity contribution < 1.29 is 4.74 Å². The van der Waals surface area contributed by atoms with Crippen molar-refractivity contribution in [2.24, 2.45) is 0 Å². The van der Waals surface area contributed by atoms with E-state index in [1.54, 1.807) is 0 Å². The molecule has 1 aliphatic carbocycles. The quantitative estimate of drug-likeness (QED) is 0.219. The maximum atomic E-state index is 6.61. The van der Waals surface area contributed by atoms with Crippen LogP contribution in [0.1, 0.15) is 22.3 Å².